The van der Waals surface area contributed by atoms with Crippen LogP contribution < -0.4 is 5.32 Å². The van der Waals surface area contributed by atoms with Crippen molar-refractivity contribution in [3.8, 4) is 0 Å². The van der Waals surface area contributed by atoms with E-state index < -0.39 is 0 Å². The van der Waals surface area contributed by atoms with Crippen molar-refractivity contribution in [1.82, 2.24) is 5.32 Å². The Morgan fingerprint density at radius 2 is 2.20 bits per heavy atom. The second kappa shape index (κ2) is 3.72. The monoisotopic (exact) mass is 207 g/mol. The zero-order valence-electron chi connectivity index (χ0n) is 9.46. The van der Waals surface area contributed by atoms with Crippen LogP contribution >= 0.6 is 0 Å². The van der Waals surface area contributed by atoms with Crippen LogP contribution in [-0.2, 0) is 4.79 Å². The Morgan fingerprint density at radius 3 is 2.67 bits per heavy atom. The van der Waals surface area contributed by atoms with Gasteiger partial charge in [-0.25, -0.2) is 0 Å². The molecule has 1 atom stereocenters. The highest BCUT2D eigenvalue weighted by Crippen LogP contribution is 2.30. The van der Waals surface area contributed by atoms with Gasteiger partial charge in [0, 0.05) is 11.5 Å². The molecule has 1 aliphatic carbocycles. The van der Waals surface area contributed by atoms with E-state index in [2.05, 4.69) is 5.32 Å². The molecule has 0 saturated heterocycles. The Bertz CT molecular complexity index is 377. The van der Waals surface area contributed by atoms with Crippen molar-refractivity contribution in [2.45, 2.75) is 39.7 Å². The molecule has 3 nitrogen and oxygen atoms in total. The second-order valence-corrected chi connectivity index (χ2v) is 4.37. The molecule has 1 fully saturated rings. The standard InChI is InChI=1S/C12H17NO2/c1-7-6-11(9(3)15-7)8(2)13-12(14)10-4-5-10/h6,8,10H,4-5H2,1-3H3,(H,13,14). The van der Waals surface area contributed by atoms with E-state index in [4.69, 9.17) is 4.42 Å². The second-order valence-electron chi connectivity index (χ2n) is 4.37. The van der Waals surface area contributed by atoms with Gasteiger partial charge < -0.3 is 9.73 Å². The van der Waals surface area contributed by atoms with Crippen LogP contribution in [0.25, 0.3) is 0 Å². The lowest BCUT2D eigenvalue weighted by molar-refractivity contribution is -0.122. The maximum absolute atomic E-state index is 11.6. The van der Waals surface area contributed by atoms with Crippen LogP contribution in [0.1, 0.15) is 42.9 Å². The number of carbonyl (C=O) groups is 1. The molecule has 1 aromatic rings. The number of furan rings is 1. The van der Waals surface area contributed by atoms with Gasteiger partial charge in [-0.05, 0) is 39.7 Å². The molecule has 1 heterocycles. The highest BCUT2D eigenvalue weighted by Gasteiger charge is 2.30. The molecule has 15 heavy (non-hydrogen) atoms. The summed E-state index contributed by atoms with van der Waals surface area (Å²) in [6, 6.07) is 2.04. The van der Waals surface area contributed by atoms with Gasteiger partial charge in [-0.1, -0.05) is 0 Å². The van der Waals surface area contributed by atoms with Gasteiger partial charge in [-0.3, -0.25) is 4.79 Å². The average molecular weight is 207 g/mol. The fourth-order valence-electron chi connectivity index (χ4n) is 1.83. The zero-order chi connectivity index (χ0) is 11.0. The van der Waals surface area contributed by atoms with Gasteiger partial charge in [-0.2, -0.15) is 0 Å². The molecule has 0 aliphatic heterocycles. The van der Waals surface area contributed by atoms with Crippen molar-refractivity contribution in [2.75, 3.05) is 0 Å². The minimum Gasteiger partial charge on any atom is -0.466 e. The molecular formula is C12H17NO2. The molecule has 1 saturated carbocycles. The van der Waals surface area contributed by atoms with Crippen molar-refractivity contribution >= 4 is 5.91 Å². The Morgan fingerprint density at radius 1 is 1.53 bits per heavy atom. The molecule has 1 N–H and O–H groups in total. The summed E-state index contributed by atoms with van der Waals surface area (Å²) in [6.45, 7) is 5.85. The first-order chi connectivity index (χ1) is 7.08. The quantitative estimate of drug-likeness (QED) is 0.827. The Labute approximate surface area is 89.9 Å². The zero-order valence-corrected chi connectivity index (χ0v) is 9.46. The van der Waals surface area contributed by atoms with Gasteiger partial charge in [0.15, 0.2) is 0 Å². The van der Waals surface area contributed by atoms with Crippen LogP contribution in [0, 0.1) is 19.8 Å². The molecule has 1 aliphatic rings. The highest BCUT2D eigenvalue weighted by atomic mass is 16.3. The van der Waals surface area contributed by atoms with Gasteiger partial charge in [0.1, 0.15) is 11.5 Å². The van der Waals surface area contributed by atoms with Gasteiger partial charge >= 0.3 is 0 Å². The third kappa shape index (κ3) is 2.22. The molecule has 1 unspecified atom stereocenters. The Balaban J connectivity index is 2.03. The maximum Gasteiger partial charge on any atom is 0.223 e. The Kier molecular flexibility index (Phi) is 2.55. The minimum atomic E-state index is 0.0514. The van der Waals surface area contributed by atoms with Crippen LogP contribution in [0.2, 0.25) is 0 Å². The molecule has 3 heteroatoms. The van der Waals surface area contributed by atoms with Gasteiger partial charge in [0.25, 0.3) is 0 Å². The van der Waals surface area contributed by atoms with E-state index >= 15 is 0 Å². The van der Waals surface area contributed by atoms with E-state index in [1.807, 2.05) is 26.8 Å². The van der Waals surface area contributed by atoms with Crippen molar-refractivity contribution in [2.24, 2.45) is 5.92 Å². The SMILES string of the molecule is Cc1cc(C(C)NC(=O)C2CC2)c(C)o1. The summed E-state index contributed by atoms with van der Waals surface area (Å²) in [4.78, 5) is 11.6. The van der Waals surface area contributed by atoms with E-state index in [0.29, 0.717) is 0 Å². The molecule has 0 spiro atoms. The van der Waals surface area contributed by atoms with Crippen LogP contribution in [0.4, 0.5) is 0 Å². The average Bonchev–Trinajstić information content (AvgIpc) is 2.92. The van der Waals surface area contributed by atoms with Gasteiger partial charge in [-0.15, -0.1) is 0 Å². The summed E-state index contributed by atoms with van der Waals surface area (Å²) in [7, 11) is 0. The normalized spacial score (nSPS) is 17.5. The third-order valence-electron chi connectivity index (χ3n) is 2.85. The van der Waals surface area contributed by atoms with Crippen LogP contribution in [0.15, 0.2) is 10.5 Å². The molecule has 1 aromatic heterocycles. The van der Waals surface area contributed by atoms with Crippen LogP contribution in [-0.4, -0.2) is 5.91 Å². The fourth-order valence-corrected chi connectivity index (χ4v) is 1.83. The fraction of sp³-hybridized carbons (Fsp3) is 0.583. The first kappa shape index (κ1) is 10.3. The topological polar surface area (TPSA) is 42.2 Å². The molecule has 2 rings (SSSR count). The van der Waals surface area contributed by atoms with E-state index in [1.165, 1.54) is 0 Å². The third-order valence-corrected chi connectivity index (χ3v) is 2.85. The summed E-state index contributed by atoms with van der Waals surface area (Å²) in [5.74, 6) is 2.24. The summed E-state index contributed by atoms with van der Waals surface area (Å²) in [6.07, 6.45) is 2.09. The lowest BCUT2D eigenvalue weighted by atomic mass is 10.1. The molecule has 0 bridgehead atoms. The summed E-state index contributed by atoms with van der Waals surface area (Å²) < 4.78 is 5.44. The summed E-state index contributed by atoms with van der Waals surface area (Å²) in [5, 5.41) is 3.01. The predicted molar refractivity (Wildman–Crippen MR) is 57.5 cm³/mol. The lowest BCUT2D eigenvalue weighted by Gasteiger charge is -2.12. The summed E-state index contributed by atoms with van der Waals surface area (Å²) >= 11 is 0. The van der Waals surface area contributed by atoms with Gasteiger partial charge in [0.05, 0.1) is 6.04 Å². The van der Waals surface area contributed by atoms with Gasteiger partial charge in [0.2, 0.25) is 5.91 Å². The van der Waals surface area contributed by atoms with Crippen molar-refractivity contribution in [3.63, 3.8) is 0 Å². The predicted octanol–water partition coefficient (Wildman–Crippen LogP) is 2.48. The largest absolute Gasteiger partial charge is 0.466 e. The van der Waals surface area contributed by atoms with E-state index in [-0.39, 0.29) is 17.9 Å². The lowest BCUT2D eigenvalue weighted by Crippen LogP contribution is -2.27. The minimum absolute atomic E-state index is 0.0514. The number of amides is 1. The first-order valence-electron chi connectivity index (χ1n) is 5.45. The number of carbonyl (C=O) groups excluding carboxylic acids is 1. The van der Waals surface area contributed by atoms with E-state index in [0.717, 1.165) is 29.9 Å². The number of hydrogen-bond donors (Lipinski definition) is 1. The van der Waals surface area contributed by atoms with E-state index in [9.17, 15) is 4.79 Å². The van der Waals surface area contributed by atoms with Crippen molar-refractivity contribution in [3.05, 3.63) is 23.2 Å². The number of rotatable bonds is 3. The van der Waals surface area contributed by atoms with Crippen LogP contribution in [0.3, 0.4) is 0 Å². The summed E-state index contributed by atoms with van der Waals surface area (Å²) in [5.41, 5.74) is 1.08. The maximum atomic E-state index is 11.6. The number of hydrogen-bond acceptors (Lipinski definition) is 2. The van der Waals surface area contributed by atoms with Crippen LogP contribution in [0.5, 0.6) is 0 Å². The van der Waals surface area contributed by atoms with Crippen molar-refractivity contribution < 1.29 is 9.21 Å². The van der Waals surface area contributed by atoms with E-state index in [1.54, 1.807) is 0 Å². The number of nitrogens with one attached hydrogen (secondary N) is 1. The first-order valence-corrected chi connectivity index (χ1v) is 5.45. The molecule has 1 amide bonds. The molecule has 0 aromatic carbocycles. The smallest absolute Gasteiger partial charge is 0.223 e. The molecule has 82 valence electrons. The highest BCUT2D eigenvalue weighted by molar-refractivity contribution is 5.81. The van der Waals surface area contributed by atoms with Crippen molar-refractivity contribution in [1.29, 1.82) is 0 Å². The molecule has 0 radical (unpaired) electrons. The Hall–Kier alpha value is -1.25. The molecular weight excluding hydrogens is 190 g/mol. The number of aryl methyl sites for hydroxylation is 2.